The smallest absolute Gasteiger partial charge is 0.325 e. The zero-order chi connectivity index (χ0) is 18.5. The zero-order valence-electron chi connectivity index (χ0n) is 13.6. The van der Waals surface area contributed by atoms with Crippen LogP contribution in [0.25, 0.3) is 0 Å². The Morgan fingerprint density at radius 1 is 1.04 bits per heavy atom. The van der Waals surface area contributed by atoms with Gasteiger partial charge in [-0.05, 0) is 12.1 Å². The molecule has 0 aliphatic carbocycles. The van der Waals surface area contributed by atoms with E-state index in [1.54, 1.807) is 30.3 Å². The van der Waals surface area contributed by atoms with Crippen LogP contribution in [-0.2, 0) is 14.3 Å². The standard InChI is InChI=1S/C17H18N4O4/c18-8-4-10-21(11-5-9-19)15(22)13-25-16(23)12-20-17(24)14-6-2-1-3-7-14/h1-3,6-7H,4-5,10-13H2,(H,20,24). The second-order valence-corrected chi connectivity index (χ2v) is 4.91. The number of hydrogen-bond acceptors (Lipinski definition) is 6. The largest absolute Gasteiger partial charge is 0.454 e. The Labute approximate surface area is 145 Å². The predicted octanol–water partition coefficient (Wildman–Crippen LogP) is 0.616. The molecule has 0 fully saturated rings. The summed E-state index contributed by atoms with van der Waals surface area (Å²) in [5.41, 5.74) is 0.408. The van der Waals surface area contributed by atoms with E-state index in [4.69, 9.17) is 15.3 Å². The molecule has 0 spiro atoms. The Morgan fingerprint density at radius 2 is 1.64 bits per heavy atom. The highest BCUT2D eigenvalue weighted by Gasteiger charge is 2.16. The fourth-order valence-electron chi connectivity index (χ4n) is 1.86. The minimum absolute atomic E-state index is 0.123. The number of nitrogens with one attached hydrogen (secondary N) is 1. The highest BCUT2D eigenvalue weighted by atomic mass is 16.5. The molecule has 0 aromatic heterocycles. The van der Waals surface area contributed by atoms with Gasteiger partial charge in [0.1, 0.15) is 6.54 Å². The van der Waals surface area contributed by atoms with E-state index in [2.05, 4.69) is 5.32 Å². The number of amides is 2. The topological polar surface area (TPSA) is 123 Å². The molecule has 0 aliphatic heterocycles. The minimum atomic E-state index is -0.752. The Balaban J connectivity index is 2.38. The van der Waals surface area contributed by atoms with E-state index in [9.17, 15) is 14.4 Å². The number of rotatable bonds is 9. The molecule has 0 saturated carbocycles. The first kappa shape index (κ1) is 19.7. The van der Waals surface area contributed by atoms with Gasteiger partial charge in [-0.3, -0.25) is 14.4 Å². The quantitative estimate of drug-likeness (QED) is 0.656. The van der Waals surface area contributed by atoms with Crippen LogP contribution in [0.5, 0.6) is 0 Å². The van der Waals surface area contributed by atoms with Crippen molar-refractivity contribution in [1.29, 1.82) is 10.5 Å². The second-order valence-electron chi connectivity index (χ2n) is 4.91. The van der Waals surface area contributed by atoms with Crippen molar-refractivity contribution in [3.8, 4) is 12.1 Å². The van der Waals surface area contributed by atoms with Crippen LogP contribution < -0.4 is 5.32 Å². The molecule has 0 unspecified atom stereocenters. The summed E-state index contributed by atoms with van der Waals surface area (Å²) in [5.74, 6) is -1.67. The highest BCUT2D eigenvalue weighted by molar-refractivity contribution is 5.96. The number of esters is 1. The molecule has 0 bridgehead atoms. The molecule has 25 heavy (non-hydrogen) atoms. The summed E-state index contributed by atoms with van der Waals surface area (Å²) in [7, 11) is 0. The van der Waals surface area contributed by atoms with E-state index < -0.39 is 24.4 Å². The van der Waals surface area contributed by atoms with Crippen molar-refractivity contribution in [2.24, 2.45) is 0 Å². The molecule has 1 aromatic carbocycles. The van der Waals surface area contributed by atoms with Crippen molar-refractivity contribution in [1.82, 2.24) is 10.2 Å². The van der Waals surface area contributed by atoms with E-state index >= 15 is 0 Å². The van der Waals surface area contributed by atoms with Crippen molar-refractivity contribution in [2.75, 3.05) is 26.2 Å². The zero-order valence-corrected chi connectivity index (χ0v) is 13.6. The maximum absolute atomic E-state index is 12.0. The van der Waals surface area contributed by atoms with E-state index in [1.807, 2.05) is 12.1 Å². The maximum Gasteiger partial charge on any atom is 0.325 e. The molecule has 8 heteroatoms. The van der Waals surface area contributed by atoms with Crippen LogP contribution in [0.15, 0.2) is 30.3 Å². The highest BCUT2D eigenvalue weighted by Crippen LogP contribution is 1.98. The number of hydrogen-bond donors (Lipinski definition) is 1. The van der Waals surface area contributed by atoms with Gasteiger partial charge < -0.3 is 15.0 Å². The number of carbonyl (C=O) groups excluding carboxylic acids is 3. The molecule has 0 radical (unpaired) electrons. The average molecular weight is 342 g/mol. The lowest BCUT2D eigenvalue weighted by Gasteiger charge is -2.20. The minimum Gasteiger partial charge on any atom is -0.454 e. The molecule has 130 valence electrons. The fourth-order valence-corrected chi connectivity index (χ4v) is 1.86. The van der Waals surface area contributed by atoms with Crippen LogP contribution in [0.4, 0.5) is 0 Å². The summed E-state index contributed by atoms with van der Waals surface area (Å²) >= 11 is 0. The summed E-state index contributed by atoms with van der Waals surface area (Å²) in [4.78, 5) is 36.7. The lowest BCUT2D eigenvalue weighted by molar-refractivity contribution is -0.151. The van der Waals surface area contributed by atoms with Gasteiger partial charge in [0.05, 0.1) is 25.0 Å². The Kier molecular flexibility index (Phi) is 8.80. The molecule has 1 rings (SSSR count). The predicted molar refractivity (Wildman–Crippen MR) is 86.8 cm³/mol. The van der Waals surface area contributed by atoms with Gasteiger partial charge >= 0.3 is 5.97 Å². The lowest BCUT2D eigenvalue weighted by Crippen LogP contribution is -2.37. The Hall–Kier alpha value is -3.39. The van der Waals surface area contributed by atoms with Gasteiger partial charge in [-0.2, -0.15) is 10.5 Å². The SMILES string of the molecule is N#CCCN(CCC#N)C(=O)COC(=O)CNC(=O)c1ccccc1. The van der Waals surface area contributed by atoms with Gasteiger partial charge in [-0.25, -0.2) is 0 Å². The summed E-state index contributed by atoms with van der Waals surface area (Å²) in [6, 6.07) is 12.2. The second kappa shape index (κ2) is 11.2. The van der Waals surface area contributed by atoms with Crippen molar-refractivity contribution in [2.45, 2.75) is 12.8 Å². The average Bonchev–Trinajstić information content (AvgIpc) is 2.65. The van der Waals surface area contributed by atoms with Crippen LogP contribution in [0, 0.1) is 22.7 Å². The molecule has 0 atom stereocenters. The molecular formula is C17H18N4O4. The normalized spacial score (nSPS) is 9.36. The molecule has 1 aromatic rings. The van der Waals surface area contributed by atoms with Crippen LogP contribution in [0.3, 0.4) is 0 Å². The fraction of sp³-hybridized carbons (Fsp3) is 0.353. The van der Waals surface area contributed by atoms with Crippen LogP contribution >= 0.6 is 0 Å². The summed E-state index contributed by atoms with van der Waals surface area (Å²) < 4.78 is 4.82. The van der Waals surface area contributed by atoms with Gasteiger partial charge in [0.15, 0.2) is 6.61 Å². The van der Waals surface area contributed by atoms with Crippen molar-refractivity contribution < 1.29 is 19.1 Å². The molecule has 0 heterocycles. The first-order valence-corrected chi connectivity index (χ1v) is 7.59. The summed E-state index contributed by atoms with van der Waals surface area (Å²) in [6.45, 7) is -0.535. The van der Waals surface area contributed by atoms with Crippen molar-refractivity contribution >= 4 is 17.8 Å². The van der Waals surface area contributed by atoms with Gasteiger partial charge in [0, 0.05) is 18.7 Å². The number of carbonyl (C=O) groups is 3. The Morgan fingerprint density at radius 3 is 2.20 bits per heavy atom. The van der Waals surface area contributed by atoms with Crippen molar-refractivity contribution in [3.63, 3.8) is 0 Å². The first-order chi connectivity index (χ1) is 12.1. The molecule has 2 amide bonds. The van der Waals surface area contributed by atoms with Gasteiger partial charge in [-0.15, -0.1) is 0 Å². The van der Waals surface area contributed by atoms with Gasteiger partial charge in [0.2, 0.25) is 0 Å². The van der Waals surface area contributed by atoms with Crippen LogP contribution in [0.1, 0.15) is 23.2 Å². The monoisotopic (exact) mass is 342 g/mol. The van der Waals surface area contributed by atoms with Crippen LogP contribution in [0.2, 0.25) is 0 Å². The van der Waals surface area contributed by atoms with Crippen molar-refractivity contribution in [3.05, 3.63) is 35.9 Å². The molecular weight excluding hydrogens is 324 g/mol. The van der Waals surface area contributed by atoms with Crippen LogP contribution in [-0.4, -0.2) is 48.9 Å². The number of nitriles is 2. The van der Waals surface area contributed by atoms with Gasteiger partial charge in [-0.1, -0.05) is 18.2 Å². The lowest BCUT2D eigenvalue weighted by atomic mass is 10.2. The maximum atomic E-state index is 12.0. The Bertz CT molecular complexity index is 658. The number of ether oxygens (including phenoxy) is 1. The first-order valence-electron chi connectivity index (χ1n) is 7.59. The summed E-state index contributed by atoms with van der Waals surface area (Å²) in [6.07, 6.45) is 0.247. The molecule has 8 nitrogen and oxygen atoms in total. The number of nitrogens with zero attached hydrogens (tertiary/aromatic N) is 3. The molecule has 0 aliphatic rings. The summed E-state index contributed by atoms with van der Waals surface area (Å²) in [5, 5.41) is 19.6. The molecule has 0 saturated heterocycles. The van der Waals surface area contributed by atoms with E-state index in [1.165, 1.54) is 4.90 Å². The third kappa shape index (κ3) is 7.62. The van der Waals surface area contributed by atoms with E-state index in [-0.39, 0.29) is 32.5 Å². The third-order valence-electron chi connectivity index (χ3n) is 3.13. The number of benzene rings is 1. The molecule has 1 N–H and O–H groups in total. The third-order valence-corrected chi connectivity index (χ3v) is 3.13. The van der Waals surface area contributed by atoms with Gasteiger partial charge in [0.25, 0.3) is 11.8 Å². The van der Waals surface area contributed by atoms with E-state index in [0.29, 0.717) is 5.56 Å². The van der Waals surface area contributed by atoms with E-state index in [0.717, 1.165) is 0 Å².